The molecular formula is C20H21N5O. The summed E-state index contributed by atoms with van der Waals surface area (Å²) < 4.78 is 1.87. The van der Waals surface area contributed by atoms with Crippen molar-refractivity contribution < 1.29 is 4.79 Å². The first-order chi connectivity index (χ1) is 12.8. The lowest BCUT2D eigenvalue weighted by molar-refractivity contribution is 0.0709. The quantitative estimate of drug-likeness (QED) is 0.788. The van der Waals surface area contributed by atoms with E-state index in [0.29, 0.717) is 12.2 Å². The number of hydrogen-bond acceptors (Lipinski definition) is 4. The lowest BCUT2D eigenvalue weighted by Crippen LogP contribution is -2.45. The number of para-hydroxylation sites is 1. The van der Waals surface area contributed by atoms with Crippen LogP contribution in [0.3, 0.4) is 0 Å². The molecule has 0 saturated carbocycles. The highest BCUT2D eigenvalue weighted by molar-refractivity contribution is 5.93. The van der Waals surface area contributed by atoms with Gasteiger partial charge >= 0.3 is 0 Å². The molecule has 0 unspecified atom stereocenters. The largest absolute Gasteiger partial charge is 0.381 e. The maximum atomic E-state index is 12.9. The summed E-state index contributed by atoms with van der Waals surface area (Å²) in [5, 5.41) is 3.52. The predicted molar refractivity (Wildman–Crippen MR) is 100 cm³/mol. The Morgan fingerprint density at radius 1 is 1.15 bits per heavy atom. The van der Waals surface area contributed by atoms with Gasteiger partial charge in [0.2, 0.25) is 0 Å². The molecule has 6 nitrogen and oxygen atoms in total. The molecule has 0 spiro atoms. The Bertz CT molecular complexity index is 863. The van der Waals surface area contributed by atoms with Gasteiger partial charge in [-0.1, -0.05) is 18.2 Å². The monoisotopic (exact) mass is 347 g/mol. The molecule has 6 heteroatoms. The van der Waals surface area contributed by atoms with Gasteiger partial charge in [-0.3, -0.25) is 9.78 Å². The highest BCUT2D eigenvalue weighted by Crippen LogP contribution is 2.18. The number of piperidine rings is 1. The normalized spacial score (nSPS) is 17.1. The van der Waals surface area contributed by atoms with Gasteiger partial charge in [-0.2, -0.15) is 0 Å². The predicted octanol–water partition coefficient (Wildman–Crippen LogP) is 2.98. The first-order valence-electron chi connectivity index (χ1n) is 8.85. The van der Waals surface area contributed by atoms with Crippen molar-refractivity contribution in [2.24, 2.45) is 0 Å². The van der Waals surface area contributed by atoms with Crippen LogP contribution in [-0.2, 0) is 0 Å². The molecule has 0 aliphatic carbocycles. The summed E-state index contributed by atoms with van der Waals surface area (Å²) in [6.45, 7) is 1.45. The van der Waals surface area contributed by atoms with E-state index < -0.39 is 0 Å². The van der Waals surface area contributed by atoms with Gasteiger partial charge < -0.3 is 14.8 Å². The molecule has 1 saturated heterocycles. The molecule has 1 atom stereocenters. The molecule has 1 amide bonds. The minimum absolute atomic E-state index is 0.0217. The zero-order chi connectivity index (χ0) is 17.8. The van der Waals surface area contributed by atoms with E-state index in [9.17, 15) is 4.79 Å². The summed E-state index contributed by atoms with van der Waals surface area (Å²) in [5.74, 6) is -0.0217. The second-order valence-electron chi connectivity index (χ2n) is 6.47. The van der Waals surface area contributed by atoms with Crippen LogP contribution in [0.2, 0.25) is 0 Å². The van der Waals surface area contributed by atoms with Crippen LogP contribution < -0.4 is 5.32 Å². The average molecular weight is 347 g/mol. The number of pyridine rings is 1. The third-order valence-corrected chi connectivity index (χ3v) is 4.62. The number of rotatable bonds is 4. The molecule has 1 fully saturated rings. The lowest BCUT2D eigenvalue weighted by atomic mass is 10.0. The minimum atomic E-state index is -0.0217. The van der Waals surface area contributed by atoms with Crippen molar-refractivity contribution in [1.82, 2.24) is 19.4 Å². The van der Waals surface area contributed by atoms with Crippen molar-refractivity contribution in [3.05, 3.63) is 73.1 Å². The van der Waals surface area contributed by atoms with Crippen molar-refractivity contribution in [3.63, 3.8) is 0 Å². The summed E-state index contributed by atoms with van der Waals surface area (Å²) in [6, 6.07) is 14.1. The van der Waals surface area contributed by atoms with E-state index in [2.05, 4.69) is 27.4 Å². The van der Waals surface area contributed by atoms with Crippen LogP contribution in [-0.4, -0.2) is 44.5 Å². The Labute approximate surface area is 152 Å². The molecule has 1 aliphatic rings. The number of carbonyl (C=O) groups excluding carboxylic acids is 1. The number of nitrogens with zero attached hydrogens (tertiary/aromatic N) is 4. The number of hydrogen-bond donors (Lipinski definition) is 1. The van der Waals surface area contributed by atoms with Gasteiger partial charge in [-0.05, 0) is 37.1 Å². The average Bonchev–Trinajstić information content (AvgIpc) is 3.23. The van der Waals surface area contributed by atoms with Gasteiger partial charge in [0.25, 0.3) is 5.91 Å². The van der Waals surface area contributed by atoms with Crippen LogP contribution in [0.5, 0.6) is 0 Å². The molecule has 1 aromatic carbocycles. The first-order valence-corrected chi connectivity index (χ1v) is 8.85. The number of benzene rings is 1. The number of nitrogens with one attached hydrogen (secondary N) is 1. The molecule has 1 aliphatic heterocycles. The number of aromatic nitrogens is 3. The zero-order valence-corrected chi connectivity index (χ0v) is 14.5. The topological polar surface area (TPSA) is 63.1 Å². The van der Waals surface area contributed by atoms with Gasteiger partial charge in [0.05, 0.1) is 12.0 Å². The van der Waals surface area contributed by atoms with Crippen molar-refractivity contribution in [2.75, 3.05) is 18.4 Å². The maximum Gasteiger partial charge on any atom is 0.272 e. The Morgan fingerprint density at radius 3 is 2.85 bits per heavy atom. The van der Waals surface area contributed by atoms with Crippen LogP contribution in [0.25, 0.3) is 5.69 Å². The Balaban J connectivity index is 1.47. The maximum absolute atomic E-state index is 12.9. The van der Waals surface area contributed by atoms with Gasteiger partial charge in [0, 0.05) is 43.4 Å². The molecule has 3 aromatic rings. The Hall–Kier alpha value is -3.15. The van der Waals surface area contributed by atoms with Crippen LogP contribution in [0.4, 0.5) is 5.69 Å². The molecule has 0 radical (unpaired) electrons. The van der Waals surface area contributed by atoms with Crippen LogP contribution >= 0.6 is 0 Å². The number of anilines is 1. The van der Waals surface area contributed by atoms with Gasteiger partial charge in [-0.15, -0.1) is 0 Å². The van der Waals surface area contributed by atoms with E-state index in [1.54, 1.807) is 18.7 Å². The van der Waals surface area contributed by atoms with Crippen LogP contribution in [0, 0.1) is 0 Å². The smallest absolute Gasteiger partial charge is 0.272 e. The van der Waals surface area contributed by atoms with E-state index in [-0.39, 0.29) is 11.9 Å². The summed E-state index contributed by atoms with van der Waals surface area (Å²) >= 11 is 0. The molecule has 1 N–H and O–H groups in total. The third kappa shape index (κ3) is 3.59. The molecule has 4 rings (SSSR count). The lowest BCUT2D eigenvalue weighted by Gasteiger charge is -2.33. The summed E-state index contributed by atoms with van der Waals surface area (Å²) in [6.07, 6.45) is 8.99. The van der Waals surface area contributed by atoms with Crippen molar-refractivity contribution in [2.45, 2.75) is 18.9 Å². The van der Waals surface area contributed by atoms with Crippen molar-refractivity contribution in [1.29, 1.82) is 0 Å². The van der Waals surface area contributed by atoms with E-state index in [1.165, 1.54) is 0 Å². The summed E-state index contributed by atoms with van der Waals surface area (Å²) in [5.41, 5.74) is 2.44. The molecular weight excluding hydrogens is 326 g/mol. The molecule has 132 valence electrons. The fraction of sp³-hybridized carbons (Fsp3) is 0.250. The molecule has 0 bridgehead atoms. The van der Waals surface area contributed by atoms with Gasteiger partial charge in [0.15, 0.2) is 0 Å². The SMILES string of the molecule is O=C(c1cc(-n2ccnc2)ccn1)N1CCC[C@H](Nc2ccccc2)C1. The third-order valence-electron chi connectivity index (χ3n) is 4.62. The van der Waals surface area contributed by atoms with Crippen LogP contribution in [0.15, 0.2) is 67.4 Å². The fourth-order valence-corrected chi connectivity index (χ4v) is 3.32. The second-order valence-corrected chi connectivity index (χ2v) is 6.47. The minimum Gasteiger partial charge on any atom is -0.381 e. The van der Waals surface area contributed by atoms with Crippen molar-refractivity contribution >= 4 is 11.6 Å². The number of imidazole rings is 1. The van der Waals surface area contributed by atoms with Gasteiger partial charge in [-0.25, -0.2) is 4.98 Å². The highest BCUT2D eigenvalue weighted by atomic mass is 16.2. The Morgan fingerprint density at radius 2 is 2.04 bits per heavy atom. The zero-order valence-electron chi connectivity index (χ0n) is 14.5. The molecule has 26 heavy (non-hydrogen) atoms. The highest BCUT2D eigenvalue weighted by Gasteiger charge is 2.25. The molecule has 3 heterocycles. The molecule has 2 aromatic heterocycles. The number of carbonyl (C=O) groups is 1. The van der Waals surface area contributed by atoms with E-state index >= 15 is 0 Å². The summed E-state index contributed by atoms with van der Waals surface area (Å²) in [4.78, 5) is 23.2. The first kappa shape index (κ1) is 16.3. The number of amides is 1. The van der Waals surface area contributed by atoms with E-state index in [4.69, 9.17) is 0 Å². The standard InChI is InChI=1S/C20H21N5O/c26-20(19-13-18(8-9-22-19)25-12-10-21-15-25)24-11-4-7-17(14-24)23-16-5-2-1-3-6-16/h1-3,5-6,8-10,12-13,15,17,23H,4,7,11,14H2/t17-/m0/s1. The van der Waals surface area contributed by atoms with E-state index in [0.717, 1.165) is 30.8 Å². The second kappa shape index (κ2) is 7.39. The van der Waals surface area contributed by atoms with Crippen molar-refractivity contribution in [3.8, 4) is 5.69 Å². The summed E-state index contributed by atoms with van der Waals surface area (Å²) in [7, 11) is 0. The van der Waals surface area contributed by atoms with Gasteiger partial charge in [0.1, 0.15) is 5.69 Å². The number of likely N-dealkylation sites (tertiary alicyclic amines) is 1. The Kier molecular flexibility index (Phi) is 4.64. The van der Waals surface area contributed by atoms with E-state index in [1.807, 2.05) is 46.0 Å². The van der Waals surface area contributed by atoms with Crippen LogP contribution in [0.1, 0.15) is 23.3 Å². The fourth-order valence-electron chi connectivity index (χ4n) is 3.32.